The van der Waals surface area contributed by atoms with Gasteiger partial charge in [-0.1, -0.05) is 30.3 Å². The van der Waals surface area contributed by atoms with E-state index in [0.29, 0.717) is 4.88 Å². The molecule has 132 valence electrons. The van der Waals surface area contributed by atoms with E-state index in [-0.39, 0.29) is 12.6 Å². The van der Waals surface area contributed by atoms with Crippen molar-refractivity contribution in [3.63, 3.8) is 0 Å². The molecule has 0 aliphatic carbocycles. The van der Waals surface area contributed by atoms with E-state index >= 15 is 0 Å². The van der Waals surface area contributed by atoms with Gasteiger partial charge in [0.25, 0.3) is 0 Å². The molecule has 2 aromatic rings. The Bertz CT molecular complexity index is 767. The number of rotatable bonds is 5. The summed E-state index contributed by atoms with van der Waals surface area (Å²) in [6, 6.07) is 11.3. The van der Waals surface area contributed by atoms with Crippen molar-refractivity contribution in [3.05, 3.63) is 63.4 Å². The summed E-state index contributed by atoms with van der Waals surface area (Å²) in [7, 11) is 0. The van der Waals surface area contributed by atoms with Crippen molar-refractivity contribution in [2.75, 3.05) is 0 Å². The third-order valence-electron chi connectivity index (χ3n) is 3.15. The maximum atomic E-state index is 12.2. The van der Waals surface area contributed by atoms with Gasteiger partial charge in [0.2, 0.25) is 0 Å². The van der Waals surface area contributed by atoms with Gasteiger partial charge in [0.1, 0.15) is 17.1 Å². The molecule has 0 atom stereocenters. The number of hydrogen-bond donors (Lipinski definition) is 0. The van der Waals surface area contributed by atoms with E-state index in [4.69, 9.17) is 9.47 Å². The highest BCUT2D eigenvalue weighted by Crippen LogP contribution is 2.24. The number of carbonyl (C=O) groups excluding carboxylic acids is 2. The van der Waals surface area contributed by atoms with Crippen molar-refractivity contribution < 1.29 is 19.1 Å². The zero-order chi connectivity index (χ0) is 18.4. The minimum Gasteiger partial charge on any atom is -0.457 e. The maximum Gasteiger partial charge on any atom is 0.348 e. The number of hydrogen-bond acceptors (Lipinski definition) is 5. The van der Waals surface area contributed by atoms with Crippen molar-refractivity contribution in [2.45, 2.75) is 39.9 Å². The second-order valence-electron chi connectivity index (χ2n) is 6.59. The summed E-state index contributed by atoms with van der Waals surface area (Å²) in [5.41, 5.74) is 1.32. The van der Waals surface area contributed by atoms with Crippen LogP contribution in [-0.2, 0) is 20.9 Å². The molecule has 0 radical (unpaired) electrons. The average molecular weight is 358 g/mol. The predicted molar refractivity (Wildman–Crippen MR) is 99.5 cm³/mol. The summed E-state index contributed by atoms with van der Waals surface area (Å²) >= 11 is 1.29. The van der Waals surface area contributed by atoms with E-state index in [9.17, 15) is 9.59 Å². The molecular weight excluding hydrogens is 336 g/mol. The van der Waals surface area contributed by atoms with Crippen LogP contribution in [0.4, 0.5) is 0 Å². The summed E-state index contributed by atoms with van der Waals surface area (Å²) in [6.45, 7) is 7.57. The summed E-state index contributed by atoms with van der Waals surface area (Å²) in [5.74, 6) is -0.776. The van der Waals surface area contributed by atoms with Gasteiger partial charge in [0, 0.05) is 11.0 Å². The normalized spacial score (nSPS) is 11.5. The van der Waals surface area contributed by atoms with Crippen LogP contribution >= 0.6 is 11.3 Å². The smallest absolute Gasteiger partial charge is 0.348 e. The van der Waals surface area contributed by atoms with Crippen molar-refractivity contribution in [1.29, 1.82) is 0 Å². The second-order valence-corrected chi connectivity index (χ2v) is 7.67. The Morgan fingerprint density at radius 3 is 2.48 bits per heavy atom. The summed E-state index contributed by atoms with van der Waals surface area (Å²) < 4.78 is 10.6. The van der Waals surface area contributed by atoms with Gasteiger partial charge in [-0.15, -0.1) is 11.3 Å². The van der Waals surface area contributed by atoms with Crippen LogP contribution in [0.1, 0.15) is 46.4 Å². The van der Waals surface area contributed by atoms with Crippen molar-refractivity contribution in [2.24, 2.45) is 0 Å². The van der Waals surface area contributed by atoms with Crippen LogP contribution in [0.2, 0.25) is 0 Å². The lowest BCUT2D eigenvalue weighted by Gasteiger charge is -2.17. The molecule has 25 heavy (non-hydrogen) atoms. The molecule has 1 heterocycles. The van der Waals surface area contributed by atoms with Crippen LogP contribution in [0.5, 0.6) is 0 Å². The van der Waals surface area contributed by atoms with E-state index in [0.717, 1.165) is 16.0 Å². The van der Waals surface area contributed by atoms with Crippen LogP contribution in [0.15, 0.2) is 42.5 Å². The van der Waals surface area contributed by atoms with Gasteiger partial charge in [0.05, 0.1) is 0 Å². The molecule has 0 saturated carbocycles. The van der Waals surface area contributed by atoms with E-state index in [1.807, 2.05) is 58.0 Å². The fraction of sp³-hybridized carbons (Fsp3) is 0.300. The zero-order valence-corrected chi connectivity index (χ0v) is 15.7. The number of aryl methyl sites for hydroxylation is 1. The van der Waals surface area contributed by atoms with Gasteiger partial charge in [-0.2, -0.15) is 0 Å². The molecule has 1 aromatic carbocycles. The van der Waals surface area contributed by atoms with E-state index in [1.54, 1.807) is 12.1 Å². The van der Waals surface area contributed by atoms with Gasteiger partial charge in [-0.3, -0.25) is 0 Å². The molecule has 1 aromatic heterocycles. The van der Waals surface area contributed by atoms with Crippen LogP contribution in [-0.4, -0.2) is 17.5 Å². The Kier molecular flexibility index (Phi) is 6.15. The average Bonchev–Trinajstić information content (AvgIpc) is 2.91. The van der Waals surface area contributed by atoms with Crippen LogP contribution in [0.3, 0.4) is 0 Å². The Balaban J connectivity index is 1.99. The summed E-state index contributed by atoms with van der Waals surface area (Å²) in [4.78, 5) is 25.3. The quantitative estimate of drug-likeness (QED) is 0.571. The lowest BCUT2D eigenvalue weighted by Crippen LogP contribution is -2.22. The molecule has 0 aliphatic heterocycles. The minimum atomic E-state index is -0.529. The van der Waals surface area contributed by atoms with Crippen molar-refractivity contribution in [3.8, 4) is 0 Å². The fourth-order valence-corrected chi connectivity index (χ4v) is 3.01. The first kappa shape index (κ1) is 18.9. The van der Waals surface area contributed by atoms with E-state index in [2.05, 4.69) is 0 Å². The first-order valence-corrected chi connectivity index (χ1v) is 8.79. The van der Waals surface area contributed by atoms with Gasteiger partial charge in [-0.25, -0.2) is 9.59 Å². The summed E-state index contributed by atoms with van der Waals surface area (Å²) in [5, 5.41) is 0. The zero-order valence-electron chi connectivity index (χ0n) is 14.9. The van der Waals surface area contributed by atoms with Crippen LogP contribution in [0, 0.1) is 6.92 Å². The highest BCUT2D eigenvalue weighted by atomic mass is 32.1. The van der Waals surface area contributed by atoms with E-state index in [1.165, 1.54) is 17.4 Å². The van der Waals surface area contributed by atoms with Gasteiger partial charge < -0.3 is 9.47 Å². The Morgan fingerprint density at radius 1 is 1.16 bits per heavy atom. The number of benzene rings is 1. The molecule has 0 aliphatic rings. The number of ether oxygens (including phenoxy) is 2. The Morgan fingerprint density at radius 2 is 1.84 bits per heavy atom. The third-order valence-corrected chi connectivity index (χ3v) is 4.33. The number of carbonyl (C=O) groups is 2. The largest absolute Gasteiger partial charge is 0.457 e. The molecule has 0 amide bonds. The van der Waals surface area contributed by atoms with Crippen molar-refractivity contribution in [1.82, 2.24) is 0 Å². The molecule has 0 N–H and O–H groups in total. The molecule has 4 nitrogen and oxygen atoms in total. The van der Waals surface area contributed by atoms with Crippen LogP contribution < -0.4 is 0 Å². The Hall–Kier alpha value is -2.40. The van der Waals surface area contributed by atoms with Gasteiger partial charge >= 0.3 is 11.9 Å². The highest BCUT2D eigenvalue weighted by molar-refractivity contribution is 7.15. The van der Waals surface area contributed by atoms with Gasteiger partial charge in [0.15, 0.2) is 0 Å². The molecule has 5 heteroatoms. The standard InChI is InChI=1S/C20H22O4S/c1-14-12-17(19(22)23-13-15-8-6-5-7-9-15)25-16(14)10-11-18(21)24-20(2,3)4/h5-12H,13H2,1-4H3. The van der Waals surface area contributed by atoms with Gasteiger partial charge in [-0.05, 0) is 51.0 Å². The third kappa shape index (κ3) is 6.19. The second kappa shape index (κ2) is 8.12. The molecule has 0 bridgehead atoms. The number of esters is 2. The lowest BCUT2D eigenvalue weighted by atomic mass is 10.2. The fourth-order valence-electron chi connectivity index (χ4n) is 2.04. The monoisotopic (exact) mass is 358 g/mol. The molecule has 2 rings (SSSR count). The SMILES string of the molecule is Cc1cc(C(=O)OCc2ccccc2)sc1C=CC(=O)OC(C)(C)C. The maximum absolute atomic E-state index is 12.2. The molecule has 0 spiro atoms. The minimum absolute atomic E-state index is 0.236. The Labute approximate surface area is 152 Å². The molecule has 0 fully saturated rings. The lowest BCUT2D eigenvalue weighted by molar-refractivity contribution is -0.148. The first-order chi connectivity index (χ1) is 11.7. The topological polar surface area (TPSA) is 52.6 Å². The highest BCUT2D eigenvalue weighted by Gasteiger charge is 2.15. The molecule has 0 saturated heterocycles. The number of thiophene rings is 1. The summed E-state index contributed by atoms with van der Waals surface area (Å²) in [6.07, 6.45) is 3.05. The predicted octanol–water partition coefficient (Wildman–Crippen LogP) is 4.77. The van der Waals surface area contributed by atoms with Crippen molar-refractivity contribution >= 4 is 29.4 Å². The molecule has 0 unspecified atom stereocenters. The van der Waals surface area contributed by atoms with Crippen LogP contribution in [0.25, 0.3) is 6.08 Å². The first-order valence-electron chi connectivity index (χ1n) is 7.97. The molecular formula is C20H22O4S. The van der Waals surface area contributed by atoms with E-state index < -0.39 is 11.6 Å².